The molecular formula is C13H15Cl2N3O. The second-order valence-corrected chi connectivity index (χ2v) is 5.32. The van der Waals surface area contributed by atoms with Crippen LogP contribution in [0.5, 0.6) is 11.6 Å². The summed E-state index contributed by atoms with van der Waals surface area (Å²) in [5.74, 6) is 1.14. The molecule has 0 spiro atoms. The van der Waals surface area contributed by atoms with Crippen LogP contribution < -0.4 is 10.5 Å². The van der Waals surface area contributed by atoms with Crippen molar-refractivity contribution in [3.63, 3.8) is 0 Å². The fraction of sp³-hybridized carbons (Fsp3) is 0.308. The van der Waals surface area contributed by atoms with Crippen LogP contribution in [0.3, 0.4) is 0 Å². The minimum atomic E-state index is 0.221. The van der Waals surface area contributed by atoms with Gasteiger partial charge in [-0.3, -0.25) is 0 Å². The highest BCUT2D eigenvalue weighted by Crippen LogP contribution is 2.38. The Morgan fingerprint density at radius 1 is 1.32 bits per heavy atom. The van der Waals surface area contributed by atoms with Crippen LogP contribution in [-0.4, -0.2) is 9.78 Å². The fourth-order valence-corrected chi connectivity index (χ4v) is 2.09. The van der Waals surface area contributed by atoms with Gasteiger partial charge in [-0.25, -0.2) is 4.68 Å². The van der Waals surface area contributed by atoms with Crippen LogP contribution in [0.15, 0.2) is 18.2 Å². The molecule has 0 aliphatic rings. The summed E-state index contributed by atoms with van der Waals surface area (Å²) >= 11 is 12.0. The lowest BCUT2D eigenvalue weighted by Gasteiger charge is -2.09. The van der Waals surface area contributed by atoms with Gasteiger partial charge in [0, 0.05) is 7.05 Å². The van der Waals surface area contributed by atoms with Crippen molar-refractivity contribution in [2.24, 2.45) is 7.05 Å². The van der Waals surface area contributed by atoms with Crippen LogP contribution in [0.1, 0.15) is 25.5 Å². The predicted molar refractivity (Wildman–Crippen MR) is 78.2 cm³/mol. The van der Waals surface area contributed by atoms with Crippen molar-refractivity contribution < 1.29 is 4.74 Å². The monoisotopic (exact) mass is 299 g/mol. The lowest BCUT2D eigenvalue weighted by atomic mass is 10.1. The average Bonchev–Trinajstić information content (AvgIpc) is 2.63. The Morgan fingerprint density at radius 3 is 2.58 bits per heavy atom. The number of halogens is 2. The number of nitrogens with two attached hydrogens (primary N) is 1. The number of anilines is 1. The molecule has 0 saturated carbocycles. The Hall–Kier alpha value is -1.39. The van der Waals surface area contributed by atoms with Crippen molar-refractivity contribution in [1.29, 1.82) is 0 Å². The minimum Gasteiger partial charge on any atom is -0.436 e. The first-order chi connectivity index (χ1) is 8.91. The summed E-state index contributed by atoms with van der Waals surface area (Å²) in [6.07, 6.45) is 0. The van der Waals surface area contributed by atoms with Gasteiger partial charge in [0.05, 0.1) is 10.7 Å². The topological polar surface area (TPSA) is 53.1 Å². The third-order valence-electron chi connectivity index (χ3n) is 2.73. The highest BCUT2D eigenvalue weighted by atomic mass is 35.5. The third-order valence-corrected chi connectivity index (χ3v) is 3.53. The highest BCUT2D eigenvalue weighted by molar-refractivity contribution is 6.42. The molecule has 102 valence electrons. The first kappa shape index (κ1) is 14.0. The van der Waals surface area contributed by atoms with Crippen molar-refractivity contribution in [2.45, 2.75) is 19.8 Å². The van der Waals surface area contributed by atoms with E-state index in [9.17, 15) is 0 Å². The van der Waals surface area contributed by atoms with Gasteiger partial charge in [-0.05, 0) is 18.1 Å². The van der Waals surface area contributed by atoms with Crippen LogP contribution in [0.2, 0.25) is 10.0 Å². The fourth-order valence-electron chi connectivity index (χ4n) is 1.76. The summed E-state index contributed by atoms with van der Waals surface area (Å²) in [4.78, 5) is 0. The first-order valence-corrected chi connectivity index (χ1v) is 6.61. The number of ether oxygens (including phenoxy) is 1. The quantitative estimate of drug-likeness (QED) is 0.923. The Kier molecular flexibility index (Phi) is 3.92. The van der Waals surface area contributed by atoms with Crippen molar-refractivity contribution in [2.75, 3.05) is 5.73 Å². The minimum absolute atomic E-state index is 0.221. The molecule has 1 aromatic carbocycles. The van der Waals surface area contributed by atoms with Gasteiger partial charge in [0.25, 0.3) is 0 Å². The zero-order chi connectivity index (χ0) is 14.2. The maximum Gasteiger partial charge on any atom is 0.241 e. The van der Waals surface area contributed by atoms with Crippen LogP contribution in [-0.2, 0) is 7.05 Å². The van der Waals surface area contributed by atoms with Crippen molar-refractivity contribution in [1.82, 2.24) is 9.78 Å². The number of aromatic nitrogens is 2. The number of hydrogen-bond acceptors (Lipinski definition) is 3. The molecule has 4 nitrogen and oxygen atoms in total. The number of aryl methyl sites for hydroxylation is 1. The standard InChI is InChI=1S/C13H15Cl2N3O/c1-7(2)12-11(16)13(18(3)17-12)19-9-6-4-5-8(14)10(9)15/h4-7H,16H2,1-3H3. The van der Waals surface area contributed by atoms with Crippen molar-refractivity contribution in [3.8, 4) is 11.6 Å². The molecule has 2 rings (SSSR count). The number of nitrogens with zero attached hydrogens (tertiary/aromatic N) is 2. The number of rotatable bonds is 3. The van der Waals surface area contributed by atoms with Crippen molar-refractivity contribution in [3.05, 3.63) is 33.9 Å². The zero-order valence-corrected chi connectivity index (χ0v) is 12.5. The first-order valence-electron chi connectivity index (χ1n) is 5.86. The summed E-state index contributed by atoms with van der Waals surface area (Å²) in [5, 5.41) is 5.14. The molecule has 0 bridgehead atoms. The molecule has 6 heteroatoms. The Morgan fingerprint density at radius 2 is 2.00 bits per heavy atom. The van der Waals surface area contributed by atoms with Crippen LogP contribution >= 0.6 is 23.2 Å². The summed E-state index contributed by atoms with van der Waals surface area (Å²) in [5.41, 5.74) is 7.38. The Labute approximate surface area is 122 Å². The molecule has 19 heavy (non-hydrogen) atoms. The number of benzene rings is 1. The second kappa shape index (κ2) is 5.31. The van der Waals surface area contributed by atoms with Crippen LogP contribution in [0, 0.1) is 0 Å². The van der Waals surface area contributed by atoms with E-state index in [2.05, 4.69) is 5.10 Å². The molecule has 0 atom stereocenters. The largest absolute Gasteiger partial charge is 0.436 e. The van der Waals surface area contributed by atoms with E-state index >= 15 is 0 Å². The zero-order valence-electron chi connectivity index (χ0n) is 10.9. The van der Waals surface area contributed by atoms with E-state index in [4.69, 9.17) is 33.7 Å². The van der Waals surface area contributed by atoms with E-state index in [0.29, 0.717) is 27.4 Å². The van der Waals surface area contributed by atoms with Gasteiger partial charge in [-0.2, -0.15) is 5.10 Å². The maximum absolute atomic E-state index is 6.09. The smallest absolute Gasteiger partial charge is 0.241 e. The average molecular weight is 300 g/mol. The summed E-state index contributed by atoms with van der Waals surface area (Å²) in [7, 11) is 1.77. The third kappa shape index (κ3) is 2.65. The van der Waals surface area contributed by atoms with E-state index in [1.165, 1.54) is 0 Å². The molecule has 0 aliphatic heterocycles. The predicted octanol–water partition coefficient (Wildman–Crippen LogP) is 4.22. The van der Waals surface area contributed by atoms with E-state index in [0.717, 1.165) is 5.69 Å². The van der Waals surface area contributed by atoms with E-state index in [-0.39, 0.29) is 5.92 Å². The molecule has 0 amide bonds. The Bertz CT molecular complexity index is 608. The van der Waals surface area contributed by atoms with Crippen LogP contribution in [0.25, 0.3) is 0 Å². The molecule has 0 fully saturated rings. The highest BCUT2D eigenvalue weighted by Gasteiger charge is 2.19. The summed E-state index contributed by atoms with van der Waals surface area (Å²) in [6, 6.07) is 5.19. The van der Waals surface area contributed by atoms with Gasteiger partial charge in [-0.1, -0.05) is 43.1 Å². The van der Waals surface area contributed by atoms with Gasteiger partial charge in [0.2, 0.25) is 5.88 Å². The summed E-state index contributed by atoms with van der Waals surface area (Å²) in [6.45, 7) is 4.05. The number of hydrogen-bond donors (Lipinski definition) is 1. The SMILES string of the molecule is CC(C)c1nn(C)c(Oc2cccc(Cl)c2Cl)c1N. The molecule has 0 radical (unpaired) electrons. The molecule has 1 aromatic heterocycles. The van der Waals surface area contributed by atoms with Gasteiger partial charge in [0.1, 0.15) is 16.5 Å². The van der Waals surface area contributed by atoms with E-state index < -0.39 is 0 Å². The second-order valence-electron chi connectivity index (χ2n) is 4.54. The molecule has 2 aromatic rings. The summed E-state index contributed by atoms with van der Waals surface area (Å²) < 4.78 is 7.34. The molecule has 2 N–H and O–H groups in total. The lowest BCUT2D eigenvalue weighted by Crippen LogP contribution is -1.97. The van der Waals surface area contributed by atoms with Crippen LogP contribution in [0.4, 0.5) is 5.69 Å². The number of nitrogen functional groups attached to an aromatic ring is 1. The lowest BCUT2D eigenvalue weighted by molar-refractivity contribution is 0.432. The molecule has 0 aliphatic carbocycles. The molecule has 0 saturated heterocycles. The normalized spacial score (nSPS) is 11.1. The van der Waals surface area contributed by atoms with E-state index in [1.807, 2.05) is 13.8 Å². The van der Waals surface area contributed by atoms with Gasteiger partial charge in [-0.15, -0.1) is 0 Å². The molecule has 1 heterocycles. The van der Waals surface area contributed by atoms with Crippen molar-refractivity contribution >= 4 is 28.9 Å². The Balaban J connectivity index is 2.41. The van der Waals surface area contributed by atoms with Gasteiger partial charge >= 0.3 is 0 Å². The van der Waals surface area contributed by atoms with Gasteiger partial charge < -0.3 is 10.5 Å². The van der Waals surface area contributed by atoms with E-state index in [1.54, 1.807) is 29.9 Å². The molecular weight excluding hydrogens is 285 g/mol. The van der Waals surface area contributed by atoms with Gasteiger partial charge in [0.15, 0.2) is 0 Å². The maximum atomic E-state index is 6.09. The molecule has 0 unspecified atom stereocenters.